The first-order chi connectivity index (χ1) is 13.4. The summed E-state index contributed by atoms with van der Waals surface area (Å²) >= 11 is 0. The molecule has 0 fully saturated rings. The van der Waals surface area contributed by atoms with Crippen molar-refractivity contribution in [1.82, 2.24) is 0 Å². The molecule has 144 valence electrons. The smallest absolute Gasteiger partial charge is 0.343 e. The quantitative estimate of drug-likeness (QED) is 0.458. The highest BCUT2D eigenvalue weighted by molar-refractivity contribution is 7.92. The second-order valence-electron chi connectivity index (χ2n) is 6.19. The molecule has 0 heterocycles. The van der Waals surface area contributed by atoms with E-state index in [-0.39, 0.29) is 17.0 Å². The van der Waals surface area contributed by atoms with E-state index in [4.69, 9.17) is 4.74 Å². The Morgan fingerprint density at radius 2 is 1.54 bits per heavy atom. The zero-order chi connectivity index (χ0) is 20.1. The summed E-state index contributed by atoms with van der Waals surface area (Å²) in [6.45, 7) is 3.75. The molecule has 0 aliphatic rings. The van der Waals surface area contributed by atoms with Crippen LogP contribution in [0.5, 0.6) is 5.75 Å². The van der Waals surface area contributed by atoms with E-state index in [1.54, 1.807) is 74.5 Å². The van der Waals surface area contributed by atoms with Crippen molar-refractivity contribution in [3.63, 3.8) is 0 Å². The molecular weight excluding hydrogens is 374 g/mol. The van der Waals surface area contributed by atoms with Gasteiger partial charge in [0.15, 0.2) is 0 Å². The van der Waals surface area contributed by atoms with Crippen molar-refractivity contribution in [2.24, 2.45) is 0 Å². The molecule has 6 heteroatoms. The summed E-state index contributed by atoms with van der Waals surface area (Å²) in [6.07, 6.45) is 0. The lowest BCUT2D eigenvalue weighted by Gasteiger charge is -2.24. The summed E-state index contributed by atoms with van der Waals surface area (Å²) in [5.74, 6) is -0.206. The average Bonchev–Trinajstić information content (AvgIpc) is 2.70. The van der Waals surface area contributed by atoms with E-state index < -0.39 is 16.0 Å². The monoisotopic (exact) mass is 395 g/mol. The van der Waals surface area contributed by atoms with E-state index >= 15 is 0 Å². The average molecular weight is 395 g/mol. The lowest BCUT2D eigenvalue weighted by atomic mass is 10.1. The fourth-order valence-corrected chi connectivity index (χ4v) is 4.59. The second kappa shape index (κ2) is 8.27. The van der Waals surface area contributed by atoms with Gasteiger partial charge in [-0.05, 0) is 55.8 Å². The summed E-state index contributed by atoms with van der Waals surface area (Å²) in [5, 5.41) is 0. The molecule has 0 amide bonds. The lowest BCUT2D eigenvalue weighted by molar-refractivity contribution is 0.0734. The third-order valence-corrected chi connectivity index (χ3v) is 6.32. The van der Waals surface area contributed by atoms with Crippen LogP contribution in [0.3, 0.4) is 0 Å². The van der Waals surface area contributed by atoms with Gasteiger partial charge < -0.3 is 4.74 Å². The molecular formula is C22H21NO4S. The Bertz CT molecular complexity index is 1060. The Balaban J connectivity index is 1.97. The van der Waals surface area contributed by atoms with Crippen molar-refractivity contribution < 1.29 is 17.9 Å². The van der Waals surface area contributed by atoms with Gasteiger partial charge in [-0.3, -0.25) is 4.31 Å². The second-order valence-corrected chi connectivity index (χ2v) is 8.02. The number of anilines is 1. The first-order valence-electron chi connectivity index (χ1n) is 8.89. The van der Waals surface area contributed by atoms with Crippen molar-refractivity contribution >= 4 is 21.7 Å². The van der Waals surface area contributed by atoms with Gasteiger partial charge in [0.1, 0.15) is 5.75 Å². The number of aryl methyl sites for hydroxylation is 1. The highest BCUT2D eigenvalue weighted by Crippen LogP contribution is 2.26. The molecule has 0 radical (unpaired) electrons. The number of hydrogen-bond donors (Lipinski definition) is 0. The summed E-state index contributed by atoms with van der Waals surface area (Å²) in [7, 11) is -3.84. The van der Waals surface area contributed by atoms with Crippen molar-refractivity contribution in [2.75, 3.05) is 10.8 Å². The van der Waals surface area contributed by atoms with Crippen LogP contribution < -0.4 is 9.04 Å². The number of hydrogen-bond acceptors (Lipinski definition) is 4. The molecule has 0 saturated carbocycles. The van der Waals surface area contributed by atoms with Gasteiger partial charge in [-0.1, -0.05) is 42.5 Å². The number of carbonyl (C=O) groups is 1. The molecule has 0 aromatic heterocycles. The Labute approximate surface area is 165 Å². The molecule has 3 aromatic carbocycles. The molecule has 0 aliphatic carbocycles. The molecule has 0 atom stereocenters. The first-order valence-corrected chi connectivity index (χ1v) is 10.3. The number of benzene rings is 3. The SMILES string of the molecule is CCN(c1ccccc1)S(=O)(=O)c1cc(C(=O)Oc2ccccc2)ccc1C. The van der Waals surface area contributed by atoms with Crippen LogP contribution in [0.25, 0.3) is 0 Å². The fourth-order valence-electron chi connectivity index (χ4n) is 2.86. The predicted molar refractivity (Wildman–Crippen MR) is 109 cm³/mol. The molecule has 0 aliphatic heterocycles. The largest absolute Gasteiger partial charge is 0.423 e. The van der Waals surface area contributed by atoms with Gasteiger partial charge in [-0.15, -0.1) is 0 Å². The van der Waals surface area contributed by atoms with Gasteiger partial charge >= 0.3 is 5.97 Å². The summed E-state index contributed by atoms with van der Waals surface area (Å²) in [4.78, 5) is 12.6. The van der Waals surface area contributed by atoms with E-state index in [1.807, 2.05) is 12.1 Å². The van der Waals surface area contributed by atoms with Crippen molar-refractivity contribution in [3.05, 3.63) is 90.0 Å². The molecule has 0 N–H and O–H groups in total. The van der Waals surface area contributed by atoms with Gasteiger partial charge in [0.2, 0.25) is 0 Å². The third kappa shape index (κ3) is 4.07. The van der Waals surface area contributed by atoms with E-state index in [2.05, 4.69) is 0 Å². The Morgan fingerprint density at radius 1 is 0.929 bits per heavy atom. The van der Waals surface area contributed by atoms with Gasteiger partial charge in [0.05, 0.1) is 16.1 Å². The van der Waals surface area contributed by atoms with Crippen LogP contribution in [0.2, 0.25) is 0 Å². The molecule has 0 bridgehead atoms. The maximum atomic E-state index is 13.3. The van der Waals surface area contributed by atoms with E-state index in [0.717, 1.165) is 0 Å². The Hall–Kier alpha value is -3.12. The van der Waals surface area contributed by atoms with Gasteiger partial charge in [0.25, 0.3) is 10.0 Å². The van der Waals surface area contributed by atoms with E-state index in [1.165, 1.54) is 10.4 Å². The van der Waals surface area contributed by atoms with Gasteiger partial charge in [0, 0.05) is 6.54 Å². The van der Waals surface area contributed by atoms with Gasteiger partial charge in [-0.2, -0.15) is 0 Å². The maximum Gasteiger partial charge on any atom is 0.343 e. The minimum absolute atomic E-state index is 0.0840. The Morgan fingerprint density at radius 3 is 2.14 bits per heavy atom. The predicted octanol–water partition coefficient (Wildman–Crippen LogP) is 4.43. The molecule has 0 saturated heterocycles. The zero-order valence-electron chi connectivity index (χ0n) is 15.7. The number of esters is 1. The number of rotatable bonds is 6. The first kappa shape index (κ1) is 19.6. The van der Waals surface area contributed by atoms with Gasteiger partial charge in [-0.25, -0.2) is 13.2 Å². The van der Waals surface area contributed by atoms with E-state index in [0.29, 0.717) is 17.0 Å². The number of para-hydroxylation sites is 2. The van der Waals surface area contributed by atoms with Crippen LogP contribution in [0.15, 0.2) is 83.8 Å². The summed E-state index contributed by atoms with van der Waals surface area (Å²) in [5.41, 5.74) is 1.31. The Kier molecular flexibility index (Phi) is 5.80. The van der Waals surface area contributed by atoms with Crippen LogP contribution in [0, 0.1) is 6.92 Å². The van der Waals surface area contributed by atoms with E-state index in [9.17, 15) is 13.2 Å². The molecule has 5 nitrogen and oxygen atoms in total. The molecule has 28 heavy (non-hydrogen) atoms. The number of ether oxygens (including phenoxy) is 1. The van der Waals surface area contributed by atoms with Crippen LogP contribution in [-0.2, 0) is 10.0 Å². The summed E-state index contributed by atoms with van der Waals surface area (Å²) < 4.78 is 33.2. The molecule has 3 aromatic rings. The molecule has 0 spiro atoms. The number of carbonyl (C=O) groups excluding carboxylic acids is 1. The lowest BCUT2D eigenvalue weighted by Crippen LogP contribution is -2.31. The molecule has 3 rings (SSSR count). The normalized spacial score (nSPS) is 11.1. The van der Waals surface area contributed by atoms with Crippen LogP contribution in [-0.4, -0.2) is 20.9 Å². The topological polar surface area (TPSA) is 63.7 Å². The fraction of sp³-hybridized carbons (Fsp3) is 0.136. The standard InChI is InChI=1S/C22H21NO4S/c1-3-23(19-10-6-4-7-11-19)28(25,26)21-16-18(15-14-17(21)2)22(24)27-20-12-8-5-9-13-20/h4-16H,3H2,1-2H3. The van der Waals surface area contributed by atoms with Crippen molar-refractivity contribution in [1.29, 1.82) is 0 Å². The highest BCUT2D eigenvalue weighted by Gasteiger charge is 2.26. The minimum Gasteiger partial charge on any atom is -0.423 e. The molecule has 0 unspecified atom stereocenters. The number of sulfonamides is 1. The zero-order valence-corrected chi connectivity index (χ0v) is 16.5. The van der Waals surface area contributed by atoms with Crippen LogP contribution >= 0.6 is 0 Å². The van der Waals surface area contributed by atoms with Crippen LogP contribution in [0.1, 0.15) is 22.8 Å². The number of nitrogens with zero attached hydrogens (tertiary/aromatic N) is 1. The summed E-state index contributed by atoms with van der Waals surface area (Å²) in [6, 6.07) is 22.1. The highest BCUT2D eigenvalue weighted by atomic mass is 32.2. The maximum absolute atomic E-state index is 13.3. The van der Waals surface area contributed by atoms with Crippen molar-refractivity contribution in [2.45, 2.75) is 18.7 Å². The third-order valence-electron chi connectivity index (χ3n) is 4.28. The minimum atomic E-state index is -3.84. The van der Waals surface area contributed by atoms with Crippen LogP contribution in [0.4, 0.5) is 5.69 Å². The van der Waals surface area contributed by atoms with Crippen molar-refractivity contribution in [3.8, 4) is 5.75 Å².